The van der Waals surface area contributed by atoms with E-state index in [1.807, 2.05) is 13.8 Å². The number of halogens is 3. The summed E-state index contributed by atoms with van der Waals surface area (Å²) in [7, 11) is 1.56. The van der Waals surface area contributed by atoms with E-state index in [0.717, 1.165) is 0 Å². The second-order valence-corrected chi connectivity index (χ2v) is 7.32. The quantitative estimate of drug-likeness (QED) is 0.497. The number of urea groups is 1. The Kier molecular flexibility index (Phi) is 6.30. The summed E-state index contributed by atoms with van der Waals surface area (Å²) in [5.41, 5.74) is 2.25. The lowest BCUT2D eigenvalue weighted by Crippen LogP contribution is -2.19. The van der Waals surface area contributed by atoms with Crippen LogP contribution in [0.5, 0.6) is 5.75 Å². The highest BCUT2D eigenvalue weighted by molar-refractivity contribution is 6.33. The van der Waals surface area contributed by atoms with Crippen LogP contribution in [-0.2, 0) is 0 Å². The van der Waals surface area contributed by atoms with Crippen molar-refractivity contribution >= 4 is 40.6 Å². The number of rotatable bonds is 5. The van der Waals surface area contributed by atoms with E-state index < -0.39 is 11.8 Å². The largest absolute Gasteiger partial charge is 0.496 e. The van der Waals surface area contributed by atoms with Crippen molar-refractivity contribution < 1.29 is 13.9 Å². The highest BCUT2D eigenvalue weighted by Crippen LogP contribution is 2.38. The van der Waals surface area contributed by atoms with E-state index in [1.165, 1.54) is 18.2 Å². The third-order valence-corrected chi connectivity index (χ3v) is 4.70. The normalized spacial score (nSPS) is 10.9. The number of nitrogens with zero attached hydrogens (tertiary/aromatic N) is 2. The van der Waals surface area contributed by atoms with Crippen LogP contribution in [0.15, 0.2) is 42.6 Å². The molecule has 2 N–H and O–H groups in total. The number of ether oxygens (including phenoxy) is 1. The van der Waals surface area contributed by atoms with Crippen molar-refractivity contribution in [1.82, 2.24) is 9.78 Å². The summed E-state index contributed by atoms with van der Waals surface area (Å²) >= 11 is 12.1. The molecular formula is C20H19Cl2FN4O2. The number of hydrogen-bond donors (Lipinski definition) is 2. The topological polar surface area (TPSA) is 68.2 Å². The molecular weight excluding hydrogens is 418 g/mol. The minimum Gasteiger partial charge on any atom is -0.496 e. The number of carbonyl (C=O) groups excluding carboxylic acids is 1. The molecule has 0 saturated heterocycles. The molecule has 6 nitrogen and oxygen atoms in total. The molecule has 0 fully saturated rings. The fraction of sp³-hybridized carbons (Fsp3) is 0.200. The molecule has 0 unspecified atom stereocenters. The third kappa shape index (κ3) is 4.63. The number of methoxy groups -OCH3 is 1. The van der Waals surface area contributed by atoms with Gasteiger partial charge < -0.3 is 15.4 Å². The molecule has 0 bridgehead atoms. The van der Waals surface area contributed by atoms with E-state index in [9.17, 15) is 9.18 Å². The number of anilines is 2. The molecule has 0 radical (unpaired) electrons. The van der Waals surface area contributed by atoms with Gasteiger partial charge in [0.2, 0.25) is 0 Å². The molecule has 0 aliphatic rings. The van der Waals surface area contributed by atoms with Crippen molar-refractivity contribution in [2.45, 2.75) is 19.9 Å². The molecule has 0 aliphatic carbocycles. The fourth-order valence-corrected chi connectivity index (χ4v) is 3.24. The Bertz CT molecular complexity index is 1050. The number of benzene rings is 2. The van der Waals surface area contributed by atoms with Gasteiger partial charge in [-0.25, -0.2) is 9.18 Å². The standard InChI is InChI=1S/C20H19Cl2FN4O2/c1-11(2)27-19(16(22)10-24-27)14-8-12(5-7-18(14)29-3)25-20(28)26-13-4-6-17(23)15(21)9-13/h4-11H,1-3H3,(H2,25,26,28). The minimum absolute atomic E-state index is 0.0744. The molecule has 0 atom stereocenters. The number of aromatic nitrogens is 2. The Morgan fingerprint density at radius 2 is 1.76 bits per heavy atom. The molecule has 0 saturated carbocycles. The van der Waals surface area contributed by atoms with Gasteiger partial charge in [-0.15, -0.1) is 0 Å². The van der Waals surface area contributed by atoms with E-state index >= 15 is 0 Å². The second kappa shape index (κ2) is 8.71. The average molecular weight is 437 g/mol. The molecule has 1 aromatic heterocycles. The van der Waals surface area contributed by atoms with Gasteiger partial charge in [0.25, 0.3) is 0 Å². The zero-order valence-electron chi connectivity index (χ0n) is 16.0. The molecule has 0 spiro atoms. The van der Waals surface area contributed by atoms with Crippen LogP contribution in [0.3, 0.4) is 0 Å². The van der Waals surface area contributed by atoms with Crippen LogP contribution in [0.4, 0.5) is 20.6 Å². The Hall–Kier alpha value is -2.77. The van der Waals surface area contributed by atoms with Crippen molar-refractivity contribution in [2.75, 3.05) is 17.7 Å². The lowest BCUT2D eigenvalue weighted by atomic mass is 10.1. The summed E-state index contributed by atoms with van der Waals surface area (Å²) in [6.07, 6.45) is 1.57. The molecule has 2 aromatic carbocycles. The summed E-state index contributed by atoms with van der Waals surface area (Å²) in [6.45, 7) is 3.98. The smallest absolute Gasteiger partial charge is 0.323 e. The molecule has 1 heterocycles. The summed E-state index contributed by atoms with van der Waals surface area (Å²) in [5.74, 6) is 0.0293. The summed E-state index contributed by atoms with van der Waals surface area (Å²) in [4.78, 5) is 12.3. The van der Waals surface area contributed by atoms with Crippen LogP contribution < -0.4 is 15.4 Å². The minimum atomic E-state index is -0.559. The first-order chi connectivity index (χ1) is 13.8. The second-order valence-electron chi connectivity index (χ2n) is 6.50. The lowest BCUT2D eigenvalue weighted by molar-refractivity contribution is 0.262. The van der Waals surface area contributed by atoms with Gasteiger partial charge >= 0.3 is 6.03 Å². The summed E-state index contributed by atoms with van der Waals surface area (Å²) < 4.78 is 20.5. The predicted octanol–water partition coefficient (Wildman–Crippen LogP) is 6.23. The monoisotopic (exact) mass is 436 g/mol. The van der Waals surface area contributed by atoms with Crippen molar-refractivity contribution in [3.63, 3.8) is 0 Å². The number of hydrogen-bond acceptors (Lipinski definition) is 3. The van der Waals surface area contributed by atoms with Crippen LogP contribution >= 0.6 is 23.2 Å². The van der Waals surface area contributed by atoms with Gasteiger partial charge in [0.15, 0.2) is 0 Å². The van der Waals surface area contributed by atoms with E-state index in [4.69, 9.17) is 27.9 Å². The lowest BCUT2D eigenvalue weighted by Gasteiger charge is -2.16. The van der Waals surface area contributed by atoms with Gasteiger partial charge in [-0.05, 0) is 50.2 Å². The molecule has 3 rings (SSSR count). The number of carbonyl (C=O) groups is 1. The molecule has 3 aromatic rings. The highest BCUT2D eigenvalue weighted by atomic mass is 35.5. The van der Waals surface area contributed by atoms with Gasteiger partial charge in [-0.2, -0.15) is 5.10 Å². The van der Waals surface area contributed by atoms with Crippen LogP contribution in [0.2, 0.25) is 10.0 Å². The maximum Gasteiger partial charge on any atom is 0.323 e. The van der Waals surface area contributed by atoms with E-state index in [2.05, 4.69) is 15.7 Å². The van der Waals surface area contributed by atoms with E-state index in [0.29, 0.717) is 33.4 Å². The van der Waals surface area contributed by atoms with Gasteiger partial charge in [0.05, 0.1) is 29.0 Å². The van der Waals surface area contributed by atoms with Crippen LogP contribution in [0.25, 0.3) is 11.3 Å². The molecule has 29 heavy (non-hydrogen) atoms. The van der Waals surface area contributed by atoms with Crippen molar-refractivity contribution in [3.05, 3.63) is 58.5 Å². The van der Waals surface area contributed by atoms with E-state index in [1.54, 1.807) is 36.2 Å². The fourth-order valence-electron chi connectivity index (χ4n) is 2.82. The van der Waals surface area contributed by atoms with Crippen molar-refractivity contribution in [3.8, 4) is 17.0 Å². The van der Waals surface area contributed by atoms with Gasteiger partial charge in [0.1, 0.15) is 11.6 Å². The zero-order chi connectivity index (χ0) is 21.1. The Morgan fingerprint density at radius 3 is 2.38 bits per heavy atom. The maximum atomic E-state index is 13.3. The van der Waals surface area contributed by atoms with Crippen LogP contribution in [0, 0.1) is 5.82 Å². The van der Waals surface area contributed by atoms with Crippen LogP contribution in [-0.4, -0.2) is 22.9 Å². The molecule has 2 amide bonds. The first kappa shape index (κ1) is 21.0. The number of amides is 2. The average Bonchev–Trinajstić information content (AvgIpc) is 3.06. The Balaban J connectivity index is 1.88. The summed E-state index contributed by atoms with van der Waals surface area (Å²) in [6, 6.07) is 8.67. The van der Waals surface area contributed by atoms with Gasteiger partial charge in [0, 0.05) is 23.0 Å². The zero-order valence-corrected chi connectivity index (χ0v) is 17.5. The van der Waals surface area contributed by atoms with Crippen molar-refractivity contribution in [2.24, 2.45) is 0 Å². The molecule has 9 heteroatoms. The SMILES string of the molecule is COc1ccc(NC(=O)Nc2ccc(F)c(Cl)c2)cc1-c1c(Cl)cnn1C(C)C. The Labute approximate surface area is 177 Å². The van der Waals surface area contributed by atoms with E-state index in [-0.39, 0.29) is 11.1 Å². The first-order valence-electron chi connectivity index (χ1n) is 8.74. The number of nitrogens with one attached hydrogen (secondary N) is 2. The van der Waals surface area contributed by atoms with Gasteiger partial charge in [-0.3, -0.25) is 4.68 Å². The predicted molar refractivity (Wildman–Crippen MR) is 114 cm³/mol. The first-order valence-corrected chi connectivity index (χ1v) is 9.50. The molecule has 0 aliphatic heterocycles. The highest BCUT2D eigenvalue weighted by Gasteiger charge is 2.18. The third-order valence-electron chi connectivity index (χ3n) is 4.13. The van der Waals surface area contributed by atoms with Crippen LogP contribution in [0.1, 0.15) is 19.9 Å². The van der Waals surface area contributed by atoms with Crippen molar-refractivity contribution in [1.29, 1.82) is 0 Å². The maximum absolute atomic E-state index is 13.3. The Morgan fingerprint density at radius 1 is 1.10 bits per heavy atom. The summed E-state index contributed by atoms with van der Waals surface area (Å²) in [5, 5.41) is 10.0. The van der Waals surface area contributed by atoms with Gasteiger partial charge in [-0.1, -0.05) is 23.2 Å². The molecule has 152 valence electrons.